The molecule has 3 aromatic rings. The molecule has 0 saturated carbocycles. The number of anilines is 2. The fourth-order valence-corrected chi connectivity index (χ4v) is 4.05. The number of thiophene rings is 1. The molecule has 2 amide bonds. The van der Waals surface area contributed by atoms with Crippen molar-refractivity contribution in [2.75, 3.05) is 30.8 Å². The van der Waals surface area contributed by atoms with Crippen LogP contribution in [0.25, 0.3) is 0 Å². The van der Waals surface area contributed by atoms with Gasteiger partial charge in [-0.05, 0) is 67.2 Å². The van der Waals surface area contributed by atoms with Crippen LogP contribution in [0.1, 0.15) is 22.2 Å². The number of carbonyl (C=O) groups is 2. The lowest BCUT2D eigenvalue weighted by Gasteiger charge is -2.19. The molecule has 8 heteroatoms. The molecule has 2 N–H and O–H groups in total. The van der Waals surface area contributed by atoms with E-state index in [2.05, 4.69) is 10.6 Å². The smallest absolute Gasteiger partial charge is 0.255 e. The zero-order valence-corrected chi connectivity index (χ0v) is 18.9. The Morgan fingerprint density at radius 3 is 2.19 bits per heavy atom. The number of halogens is 1. The normalized spacial score (nSPS) is 10.7. The van der Waals surface area contributed by atoms with E-state index in [1.807, 2.05) is 24.0 Å². The lowest BCUT2D eigenvalue weighted by molar-refractivity contribution is -0.117. The molecule has 0 saturated heterocycles. The van der Waals surface area contributed by atoms with Crippen LogP contribution < -0.4 is 15.4 Å². The number of ether oxygens (including phenoxy) is 1. The van der Waals surface area contributed by atoms with Gasteiger partial charge in [-0.2, -0.15) is 0 Å². The van der Waals surface area contributed by atoms with E-state index in [0.29, 0.717) is 23.5 Å². The van der Waals surface area contributed by atoms with Crippen molar-refractivity contribution in [3.05, 3.63) is 75.4 Å². The van der Waals surface area contributed by atoms with E-state index in [1.165, 1.54) is 11.3 Å². The third kappa shape index (κ3) is 6.82. The molecule has 31 heavy (non-hydrogen) atoms. The highest BCUT2D eigenvalue weighted by Gasteiger charge is 2.12. The predicted molar refractivity (Wildman–Crippen MR) is 126 cm³/mol. The fraction of sp³-hybridized carbons (Fsp3) is 0.217. The summed E-state index contributed by atoms with van der Waals surface area (Å²) in [6, 6.07) is 17.7. The number of hydrogen-bond donors (Lipinski definition) is 2. The number of benzene rings is 2. The summed E-state index contributed by atoms with van der Waals surface area (Å²) in [7, 11) is 1.59. The largest absolute Gasteiger partial charge is 0.497 e. The topological polar surface area (TPSA) is 70.7 Å². The highest BCUT2D eigenvalue weighted by atomic mass is 35.5. The number of nitrogens with one attached hydrogen (secondary N) is 2. The van der Waals surface area contributed by atoms with E-state index in [1.54, 1.807) is 55.6 Å². The minimum absolute atomic E-state index is 0.111. The second-order valence-corrected chi connectivity index (χ2v) is 8.62. The number of nitrogens with zero attached hydrogens (tertiary/aromatic N) is 1. The Morgan fingerprint density at radius 2 is 1.61 bits per heavy atom. The van der Waals surface area contributed by atoms with Crippen LogP contribution in [0.3, 0.4) is 0 Å². The standard InChI is InChI=1S/C23H24ClN3O3S/c1-3-27(14-20-12-13-21(24)31-20)15-22(28)25-17-6-4-16(5-7-17)23(29)26-18-8-10-19(30-2)11-9-18/h4-13H,3,14-15H2,1-2H3,(H,25,28)(H,26,29). The summed E-state index contributed by atoms with van der Waals surface area (Å²) in [5.41, 5.74) is 1.81. The molecule has 0 spiro atoms. The summed E-state index contributed by atoms with van der Waals surface area (Å²) in [5.74, 6) is 0.383. The molecular weight excluding hydrogens is 434 g/mol. The van der Waals surface area contributed by atoms with E-state index < -0.39 is 0 Å². The summed E-state index contributed by atoms with van der Waals surface area (Å²) < 4.78 is 5.85. The average molecular weight is 458 g/mol. The number of hydrogen-bond acceptors (Lipinski definition) is 5. The van der Waals surface area contributed by atoms with Crippen LogP contribution in [0.2, 0.25) is 4.34 Å². The van der Waals surface area contributed by atoms with Gasteiger partial charge < -0.3 is 15.4 Å². The van der Waals surface area contributed by atoms with Gasteiger partial charge in [0.15, 0.2) is 0 Å². The minimum atomic E-state index is -0.227. The van der Waals surface area contributed by atoms with Crippen molar-refractivity contribution in [1.29, 1.82) is 0 Å². The summed E-state index contributed by atoms with van der Waals surface area (Å²) in [6.45, 7) is 3.70. The second-order valence-electron chi connectivity index (χ2n) is 6.82. The van der Waals surface area contributed by atoms with E-state index >= 15 is 0 Å². The van der Waals surface area contributed by atoms with E-state index in [4.69, 9.17) is 16.3 Å². The first-order chi connectivity index (χ1) is 15.0. The summed E-state index contributed by atoms with van der Waals surface area (Å²) in [5, 5.41) is 5.71. The predicted octanol–water partition coefficient (Wildman–Crippen LogP) is 5.12. The van der Waals surface area contributed by atoms with Crippen LogP contribution in [-0.2, 0) is 11.3 Å². The van der Waals surface area contributed by atoms with Crippen molar-refractivity contribution in [2.45, 2.75) is 13.5 Å². The maximum absolute atomic E-state index is 12.4. The number of carbonyl (C=O) groups excluding carboxylic acids is 2. The van der Waals surface area contributed by atoms with Crippen LogP contribution in [0.15, 0.2) is 60.7 Å². The Morgan fingerprint density at radius 1 is 0.968 bits per heavy atom. The maximum Gasteiger partial charge on any atom is 0.255 e. The highest BCUT2D eigenvalue weighted by Crippen LogP contribution is 2.22. The third-order valence-corrected chi connectivity index (χ3v) is 5.82. The molecule has 3 rings (SSSR count). The van der Waals surface area contributed by atoms with Crippen molar-refractivity contribution in [3.63, 3.8) is 0 Å². The molecule has 2 aromatic carbocycles. The van der Waals surface area contributed by atoms with Gasteiger partial charge in [0, 0.05) is 28.4 Å². The van der Waals surface area contributed by atoms with Crippen molar-refractivity contribution in [3.8, 4) is 5.75 Å². The number of rotatable bonds is 9. The first-order valence-corrected chi connectivity index (χ1v) is 11.0. The fourth-order valence-electron chi connectivity index (χ4n) is 2.92. The Bertz CT molecular complexity index is 1020. The second kappa shape index (κ2) is 10.9. The third-order valence-electron chi connectivity index (χ3n) is 4.60. The van der Waals surface area contributed by atoms with Gasteiger partial charge in [0.05, 0.1) is 18.0 Å². The zero-order chi connectivity index (χ0) is 22.2. The lowest BCUT2D eigenvalue weighted by Crippen LogP contribution is -2.32. The van der Waals surface area contributed by atoms with Gasteiger partial charge in [-0.25, -0.2) is 0 Å². The van der Waals surface area contributed by atoms with E-state index in [9.17, 15) is 9.59 Å². The average Bonchev–Trinajstić information content (AvgIpc) is 3.18. The van der Waals surface area contributed by atoms with Crippen molar-refractivity contribution < 1.29 is 14.3 Å². The van der Waals surface area contributed by atoms with E-state index in [-0.39, 0.29) is 18.4 Å². The van der Waals surface area contributed by atoms with Crippen molar-refractivity contribution in [2.24, 2.45) is 0 Å². The van der Waals surface area contributed by atoms with Gasteiger partial charge in [-0.3, -0.25) is 14.5 Å². The molecule has 1 heterocycles. The molecule has 0 fully saturated rings. The van der Waals surface area contributed by atoms with Gasteiger partial charge in [-0.15, -0.1) is 11.3 Å². The van der Waals surface area contributed by atoms with Crippen LogP contribution in [-0.4, -0.2) is 36.9 Å². The molecule has 162 valence electrons. The monoisotopic (exact) mass is 457 g/mol. The quantitative estimate of drug-likeness (QED) is 0.467. The maximum atomic E-state index is 12.4. The molecular formula is C23H24ClN3O3S. The number of likely N-dealkylation sites (N-methyl/N-ethyl adjacent to an activating group) is 1. The molecule has 0 aliphatic rings. The summed E-state index contributed by atoms with van der Waals surface area (Å²) >= 11 is 7.50. The molecule has 0 aliphatic carbocycles. The van der Waals surface area contributed by atoms with Crippen LogP contribution in [0, 0.1) is 0 Å². The van der Waals surface area contributed by atoms with Gasteiger partial charge in [0.1, 0.15) is 5.75 Å². The van der Waals surface area contributed by atoms with Gasteiger partial charge in [0.2, 0.25) is 5.91 Å². The van der Waals surface area contributed by atoms with Gasteiger partial charge in [-0.1, -0.05) is 18.5 Å². The van der Waals surface area contributed by atoms with Gasteiger partial charge >= 0.3 is 0 Å². The Labute approximate surface area is 190 Å². The Balaban J connectivity index is 1.52. The summed E-state index contributed by atoms with van der Waals surface area (Å²) in [6.07, 6.45) is 0. The molecule has 0 aliphatic heterocycles. The lowest BCUT2D eigenvalue weighted by atomic mass is 10.2. The SMILES string of the molecule is CCN(CC(=O)Nc1ccc(C(=O)Nc2ccc(OC)cc2)cc1)Cc1ccc(Cl)s1. The first kappa shape index (κ1) is 22.8. The minimum Gasteiger partial charge on any atom is -0.497 e. The van der Waals surface area contributed by atoms with Crippen LogP contribution in [0.4, 0.5) is 11.4 Å². The number of methoxy groups -OCH3 is 1. The van der Waals surface area contributed by atoms with Crippen molar-refractivity contribution >= 4 is 46.1 Å². The zero-order valence-electron chi connectivity index (χ0n) is 17.4. The van der Waals surface area contributed by atoms with Gasteiger partial charge in [0.25, 0.3) is 5.91 Å². The molecule has 1 aromatic heterocycles. The molecule has 6 nitrogen and oxygen atoms in total. The Hall–Kier alpha value is -2.87. The molecule has 0 radical (unpaired) electrons. The Kier molecular flexibility index (Phi) is 8.06. The van der Waals surface area contributed by atoms with Crippen molar-refractivity contribution in [1.82, 2.24) is 4.90 Å². The van der Waals surface area contributed by atoms with E-state index in [0.717, 1.165) is 21.5 Å². The summed E-state index contributed by atoms with van der Waals surface area (Å²) in [4.78, 5) is 28.0. The highest BCUT2D eigenvalue weighted by molar-refractivity contribution is 7.16. The molecule has 0 unspecified atom stereocenters. The first-order valence-electron chi connectivity index (χ1n) is 9.78. The van der Waals surface area contributed by atoms with Crippen LogP contribution in [0.5, 0.6) is 5.75 Å². The van der Waals surface area contributed by atoms with Crippen LogP contribution >= 0.6 is 22.9 Å². The molecule has 0 bridgehead atoms. The number of amides is 2. The molecule has 0 atom stereocenters.